The fourth-order valence-corrected chi connectivity index (χ4v) is 1.07. The predicted octanol–water partition coefficient (Wildman–Crippen LogP) is -0.249. The highest BCUT2D eigenvalue weighted by molar-refractivity contribution is 5.99. The van der Waals surface area contributed by atoms with Crippen LogP contribution in [0.4, 0.5) is 0 Å². The SMILES string of the molecule is CC=NC1=C(C(N=NN)=NC)NCN1. The van der Waals surface area contributed by atoms with E-state index in [0.717, 1.165) is 0 Å². The molecule has 0 aromatic carbocycles. The molecule has 0 amide bonds. The molecular formula is C7H13N7. The maximum atomic E-state index is 4.96. The molecule has 0 atom stereocenters. The monoisotopic (exact) mass is 195 g/mol. The van der Waals surface area contributed by atoms with Crippen LogP contribution in [0.1, 0.15) is 6.92 Å². The molecule has 0 saturated carbocycles. The van der Waals surface area contributed by atoms with Crippen molar-refractivity contribution in [2.24, 2.45) is 26.2 Å². The van der Waals surface area contributed by atoms with Crippen LogP contribution < -0.4 is 16.5 Å². The molecule has 0 aromatic heterocycles. The van der Waals surface area contributed by atoms with Crippen molar-refractivity contribution >= 4 is 12.1 Å². The first-order valence-corrected chi connectivity index (χ1v) is 4.12. The second-order valence-electron chi connectivity index (χ2n) is 2.40. The van der Waals surface area contributed by atoms with Gasteiger partial charge in [0.2, 0.25) is 0 Å². The Labute approximate surface area is 81.9 Å². The highest BCUT2D eigenvalue weighted by Crippen LogP contribution is 2.08. The molecule has 76 valence electrons. The van der Waals surface area contributed by atoms with Crippen molar-refractivity contribution in [2.75, 3.05) is 13.7 Å². The molecule has 4 N–H and O–H groups in total. The van der Waals surface area contributed by atoms with Crippen molar-refractivity contribution in [1.29, 1.82) is 0 Å². The average Bonchev–Trinajstić information content (AvgIpc) is 2.63. The first-order chi connectivity index (χ1) is 6.83. The number of nitrogens with zero attached hydrogens (tertiary/aromatic N) is 4. The summed E-state index contributed by atoms with van der Waals surface area (Å²) in [5.74, 6) is 6.08. The van der Waals surface area contributed by atoms with Crippen molar-refractivity contribution in [1.82, 2.24) is 10.6 Å². The van der Waals surface area contributed by atoms with Crippen molar-refractivity contribution < 1.29 is 0 Å². The van der Waals surface area contributed by atoms with Gasteiger partial charge in [-0.05, 0) is 6.92 Å². The molecule has 1 rings (SSSR count). The Balaban J connectivity index is 2.98. The second kappa shape index (κ2) is 4.95. The summed E-state index contributed by atoms with van der Waals surface area (Å²) in [7, 11) is 1.62. The van der Waals surface area contributed by atoms with E-state index in [1.54, 1.807) is 13.3 Å². The van der Waals surface area contributed by atoms with Crippen LogP contribution in [0.15, 0.2) is 31.8 Å². The van der Waals surface area contributed by atoms with Gasteiger partial charge in [0.05, 0.1) is 6.67 Å². The predicted molar refractivity (Wildman–Crippen MR) is 54.7 cm³/mol. The molecule has 0 fully saturated rings. The number of hydrogen-bond acceptors (Lipinski definition) is 5. The summed E-state index contributed by atoms with van der Waals surface area (Å²) in [5, 5.41) is 12.9. The van der Waals surface area contributed by atoms with Crippen LogP contribution in [0.25, 0.3) is 0 Å². The maximum Gasteiger partial charge on any atom is 0.198 e. The van der Waals surface area contributed by atoms with Crippen molar-refractivity contribution in [3.63, 3.8) is 0 Å². The van der Waals surface area contributed by atoms with Crippen molar-refractivity contribution in [3.8, 4) is 0 Å². The highest BCUT2D eigenvalue weighted by atomic mass is 15.3. The molecule has 7 heteroatoms. The molecular weight excluding hydrogens is 182 g/mol. The smallest absolute Gasteiger partial charge is 0.198 e. The summed E-state index contributed by atoms with van der Waals surface area (Å²) < 4.78 is 0. The fraction of sp³-hybridized carbons (Fsp3) is 0.429. The van der Waals surface area contributed by atoms with Gasteiger partial charge < -0.3 is 16.5 Å². The summed E-state index contributed by atoms with van der Waals surface area (Å²) in [4.78, 5) is 8.05. The van der Waals surface area contributed by atoms with E-state index in [-0.39, 0.29) is 0 Å². The maximum absolute atomic E-state index is 4.96. The summed E-state index contributed by atoms with van der Waals surface area (Å²) in [6, 6.07) is 0. The minimum Gasteiger partial charge on any atom is -0.362 e. The Hall–Kier alpha value is -1.92. The van der Waals surface area contributed by atoms with Crippen LogP contribution in [0.5, 0.6) is 0 Å². The van der Waals surface area contributed by atoms with E-state index in [9.17, 15) is 0 Å². The molecule has 1 aliphatic rings. The normalized spacial score (nSPS) is 18.0. The Morgan fingerprint density at radius 3 is 2.86 bits per heavy atom. The Kier molecular flexibility index (Phi) is 3.59. The van der Waals surface area contributed by atoms with Crippen molar-refractivity contribution in [3.05, 3.63) is 11.5 Å². The van der Waals surface area contributed by atoms with Gasteiger partial charge in [0.25, 0.3) is 0 Å². The zero-order valence-electron chi connectivity index (χ0n) is 8.15. The number of rotatable bonds is 2. The molecule has 14 heavy (non-hydrogen) atoms. The van der Waals surface area contributed by atoms with Crippen molar-refractivity contribution in [2.45, 2.75) is 6.92 Å². The summed E-state index contributed by atoms with van der Waals surface area (Å²) in [6.07, 6.45) is 1.68. The molecule has 0 aliphatic carbocycles. The minimum atomic E-state index is 0.429. The fourth-order valence-electron chi connectivity index (χ4n) is 1.07. The van der Waals surface area contributed by atoms with Gasteiger partial charge in [-0.1, -0.05) is 5.22 Å². The largest absolute Gasteiger partial charge is 0.362 e. The summed E-state index contributed by atoms with van der Waals surface area (Å²) in [6.45, 7) is 2.43. The molecule has 1 aliphatic heterocycles. The molecule has 1 heterocycles. The lowest BCUT2D eigenvalue weighted by Crippen LogP contribution is -2.18. The van der Waals surface area contributed by atoms with E-state index in [1.165, 1.54) is 0 Å². The zero-order valence-corrected chi connectivity index (χ0v) is 8.15. The van der Waals surface area contributed by atoms with Crippen LogP contribution in [-0.4, -0.2) is 25.8 Å². The van der Waals surface area contributed by atoms with Crippen LogP contribution >= 0.6 is 0 Å². The van der Waals surface area contributed by atoms with E-state index < -0.39 is 0 Å². The highest BCUT2D eigenvalue weighted by Gasteiger charge is 2.17. The van der Waals surface area contributed by atoms with Gasteiger partial charge in [-0.3, -0.25) is 4.99 Å². The molecule has 0 saturated heterocycles. The number of amidine groups is 1. The number of nitrogens with two attached hydrogens (primary N) is 1. The van der Waals surface area contributed by atoms with Crippen LogP contribution in [0, 0.1) is 0 Å². The lowest BCUT2D eigenvalue weighted by Gasteiger charge is -1.99. The molecule has 0 unspecified atom stereocenters. The van der Waals surface area contributed by atoms with Gasteiger partial charge in [-0.2, -0.15) is 0 Å². The lowest BCUT2D eigenvalue weighted by atomic mass is 10.4. The van der Waals surface area contributed by atoms with E-state index in [2.05, 4.69) is 31.0 Å². The molecule has 0 bridgehead atoms. The van der Waals surface area contributed by atoms with E-state index >= 15 is 0 Å². The molecule has 0 radical (unpaired) electrons. The van der Waals surface area contributed by atoms with Gasteiger partial charge in [0, 0.05) is 13.3 Å². The van der Waals surface area contributed by atoms with Gasteiger partial charge in [-0.25, -0.2) is 4.99 Å². The third-order valence-corrected chi connectivity index (χ3v) is 1.60. The third-order valence-electron chi connectivity index (χ3n) is 1.60. The number of nitrogens with one attached hydrogen (secondary N) is 2. The van der Waals surface area contributed by atoms with Gasteiger partial charge >= 0.3 is 0 Å². The van der Waals surface area contributed by atoms with Gasteiger partial charge in [0.1, 0.15) is 5.70 Å². The summed E-state index contributed by atoms with van der Waals surface area (Å²) in [5.41, 5.74) is 0.708. The zero-order chi connectivity index (χ0) is 10.4. The Bertz CT molecular complexity index is 312. The lowest BCUT2D eigenvalue weighted by molar-refractivity contribution is 0.801. The Morgan fingerprint density at radius 1 is 1.50 bits per heavy atom. The topological polar surface area (TPSA) is 99.5 Å². The third kappa shape index (κ3) is 2.06. The van der Waals surface area contributed by atoms with E-state index in [1.807, 2.05) is 6.92 Å². The first-order valence-electron chi connectivity index (χ1n) is 4.12. The van der Waals surface area contributed by atoms with E-state index in [4.69, 9.17) is 5.84 Å². The Morgan fingerprint density at radius 2 is 2.29 bits per heavy atom. The summed E-state index contributed by atoms with van der Waals surface area (Å²) >= 11 is 0. The average molecular weight is 195 g/mol. The molecule has 7 nitrogen and oxygen atoms in total. The quantitative estimate of drug-likeness (QED) is 0.186. The minimum absolute atomic E-state index is 0.429. The number of aliphatic imine (C=N–C) groups is 2. The van der Waals surface area contributed by atoms with Gasteiger partial charge in [0.15, 0.2) is 11.7 Å². The second-order valence-corrected chi connectivity index (χ2v) is 2.40. The molecule has 0 aromatic rings. The first kappa shape index (κ1) is 10.2. The van der Waals surface area contributed by atoms with E-state index in [0.29, 0.717) is 24.0 Å². The number of hydrogen-bond donors (Lipinski definition) is 3. The van der Waals surface area contributed by atoms with Crippen LogP contribution in [0.3, 0.4) is 0 Å². The van der Waals surface area contributed by atoms with Crippen LogP contribution in [0.2, 0.25) is 0 Å². The standard InChI is InChI=1S/C7H13N7/c1-3-10-7-5(11-4-12-7)6(9-2)13-14-8/h3,11-12H,4H2,1-2H3,(H2,8,9,13). The van der Waals surface area contributed by atoms with Gasteiger partial charge in [-0.15, -0.1) is 5.11 Å². The van der Waals surface area contributed by atoms with Crippen LogP contribution in [-0.2, 0) is 0 Å². The molecule has 0 spiro atoms.